The lowest BCUT2D eigenvalue weighted by atomic mass is 10.1. The van der Waals surface area contributed by atoms with Crippen molar-refractivity contribution in [3.8, 4) is 5.75 Å². The van der Waals surface area contributed by atoms with Gasteiger partial charge in [-0.2, -0.15) is 0 Å². The van der Waals surface area contributed by atoms with Crippen molar-refractivity contribution in [2.45, 2.75) is 27.2 Å². The lowest BCUT2D eigenvalue weighted by Crippen LogP contribution is -2.30. The van der Waals surface area contributed by atoms with Crippen molar-refractivity contribution in [1.82, 2.24) is 5.32 Å². The van der Waals surface area contributed by atoms with Gasteiger partial charge in [0.1, 0.15) is 5.75 Å². The van der Waals surface area contributed by atoms with Crippen LogP contribution in [-0.4, -0.2) is 31.6 Å². The Balaban J connectivity index is 1.65. The van der Waals surface area contributed by atoms with Crippen molar-refractivity contribution in [3.63, 3.8) is 0 Å². The van der Waals surface area contributed by atoms with Crippen LogP contribution >= 0.6 is 0 Å². The molecule has 27 heavy (non-hydrogen) atoms. The molecule has 3 N–H and O–H groups in total. The number of hydrogen-bond acceptors (Lipinski definition) is 5. The number of ether oxygens (including phenoxy) is 2. The summed E-state index contributed by atoms with van der Waals surface area (Å²) < 4.78 is 10.8. The minimum atomic E-state index is -0.557. The van der Waals surface area contributed by atoms with Gasteiger partial charge in [-0.25, -0.2) is 4.79 Å². The molecule has 1 amide bonds. The fourth-order valence-electron chi connectivity index (χ4n) is 2.52. The van der Waals surface area contributed by atoms with Crippen molar-refractivity contribution in [2.75, 3.05) is 25.5 Å². The summed E-state index contributed by atoms with van der Waals surface area (Å²) in [5.74, 6) is -0.0311. The highest BCUT2D eigenvalue weighted by molar-refractivity contribution is 5.91. The first-order chi connectivity index (χ1) is 12.9. The van der Waals surface area contributed by atoms with Gasteiger partial charge in [-0.05, 0) is 74.2 Å². The quantitative estimate of drug-likeness (QED) is 0.424. The number of hydrogen-bond donors (Lipinski definition) is 2. The lowest BCUT2D eigenvalue weighted by molar-refractivity contribution is -0.124. The Hall–Kier alpha value is -3.02. The number of aryl methyl sites for hydroxylation is 2. The summed E-state index contributed by atoms with van der Waals surface area (Å²) in [6.07, 6.45) is 0.657. The van der Waals surface area contributed by atoms with E-state index in [0.717, 1.165) is 16.9 Å². The molecule has 0 spiro atoms. The number of esters is 1. The normalized spacial score (nSPS) is 10.3. The summed E-state index contributed by atoms with van der Waals surface area (Å²) in [7, 11) is 0. The third-order valence-corrected chi connectivity index (χ3v) is 4.15. The van der Waals surface area contributed by atoms with Gasteiger partial charge < -0.3 is 20.5 Å². The number of rotatable bonds is 8. The van der Waals surface area contributed by atoms with Crippen LogP contribution in [0.5, 0.6) is 5.75 Å². The van der Waals surface area contributed by atoms with Gasteiger partial charge in [-0.15, -0.1) is 0 Å². The van der Waals surface area contributed by atoms with Gasteiger partial charge in [0.15, 0.2) is 6.61 Å². The van der Waals surface area contributed by atoms with Crippen molar-refractivity contribution in [2.24, 2.45) is 0 Å². The first-order valence-electron chi connectivity index (χ1n) is 8.87. The summed E-state index contributed by atoms with van der Waals surface area (Å²) in [5, 5.41) is 2.71. The van der Waals surface area contributed by atoms with E-state index in [0.29, 0.717) is 30.8 Å². The van der Waals surface area contributed by atoms with E-state index in [4.69, 9.17) is 15.2 Å². The van der Waals surface area contributed by atoms with Crippen LogP contribution in [0, 0.1) is 20.8 Å². The number of anilines is 1. The van der Waals surface area contributed by atoms with Crippen LogP contribution in [-0.2, 0) is 9.53 Å². The molecular formula is C21H26N2O4. The number of nitrogen functional groups attached to an aromatic ring is 1. The van der Waals surface area contributed by atoms with Gasteiger partial charge >= 0.3 is 5.97 Å². The van der Waals surface area contributed by atoms with Gasteiger partial charge in [-0.3, -0.25) is 4.79 Å². The molecule has 0 aliphatic carbocycles. The predicted molar refractivity (Wildman–Crippen MR) is 105 cm³/mol. The van der Waals surface area contributed by atoms with Crippen molar-refractivity contribution in [3.05, 3.63) is 58.7 Å². The molecule has 0 saturated carbocycles. The SMILES string of the molecule is Cc1cc(C)c(C)c(OCCCNC(=O)COC(=O)c2ccc(N)cc2)c1. The Labute approximate surface area is 159 Å². The second-order valence-electron chi connectivity index (χ2n) is 6.46. The molecule has 0 saturated heterocycles. The van der Waals surface area contributed by atoms with Gasteiger partial charge in [0.05, 0.1) is 12.2 Å². The molecule has 6 nitrogen and oxygen atoms in total. The fraction of sp³-hybridized carbons (Fsp3) is 0.333. The van der Waals surface area contributed by atoms with Crippen molar-refractivity contribution < 1.29 is 19.1 Å². The predicted octanol–water partition coefficient (Wildman–Crippen LogP) is 2.94. The molecule has 0 radical (unpaired) electrons. The maximum Gasteiger partial charge on any atom is 0.338 e. The Kier molecular flexibility index (Phi) is 7.23. The van der Waals surface area contributed by atoms with Crippen LogP contribution in [0.3, 0.4) is 0 Å². The van der Waals surface area contributed by atoms with Crippen molar-refractivity contribution in [1.29, 1.82) is 0 Å². The van der Waals surface area contributed by atoms with Crippen LogP contribution in [0.2, 0.25) is 0 Å². The highest BCUT2D eigenvalue weighted by Crippen LogP contribution is 2.23. The lowest BCUT2D eigenvalue weighted by Gasteiger charge is -2.12. The molecule has 0 aromatic heterocycles. The first-order valence-corrected chi connectivity index (χ1v) is 8.87. The van der Waals surface area contributed by atoms with Crippen LogP contribution in [0.25, 0.3) is 0 Å². The molecule has 0 unspecified atom stereocenters. The Morgan fingerprint density at radius 1 is 1.07 bits per heavy atom. The topological polar surface area (TPSA) is 90.6 Å². The van der Waals surface area contributed by atoms with E-state index >= 15 is 0 Å². The third-order valence-electron chi connectivity index (χ3n) is 4.15. The van der Waals surface area contributed by atoms with E-state index in [1.807, 2.05) is 19.9 Å². The summed E-state index contributed by atoms with van der Waals surface area (Å²) in [4.78, 5) is 23.6. The number of carbonyl (C=O) groups excluding carboxylic acids is 2. The molecule has 0 aliphatic heterocycles. The number of amides is 1. The second kappa shape index (κ2) is 9.62. The largest absolute Gasteiger partial charge is 0.493 e. The van der Waals surface area contributed by atoms with Crippen LogP contribution in [0.15, 0.2) is 36.4 Å². The number of benzene rings is 2. The van der Waals surface area contributed by atoms with E-state index in [1.54, 1.807) is 24.3 Å². The maximum absolute atomic E-state index is 11.8. The van der Waals surface area contributed by atoms with Gasteiger partial charge in [-0.1, -0.05) is 6.07 Å². The molecule has 6 heteroatoms. The minimum Gasteiger partial charge on any atom is -0.493 e. The summed E-state index contributed by atoms with van der Waals surface area (Å²) in [6, 6.07) is 10.5. The summed E-state index contributed by atoms with van der Waals surface area (Å²) in [5.41, 5.74) is 9.95. The van der Waals surface area contributed by atoms with Crippen molar-refractivity contribution >= 4 is 17.6 Å². The summed E-state index contributed by atoms with van der Waals surface area (Å²) >= 11 is 0. The smallest absolute Gasteiger partial charge is 0.338 e. The zero-order valence-electron chi connectivity index (χ0n) is 16.0. The average Bonchev–Trinajstić information content (AvgIpc) is 2.63. The highest BCUT2D eigenvalue weighted by Gasteiger charge is 2.10. The molecule has 2 rings (SSSR count). The highest BCUT2D eigenvalue weighted by atomic mass is 16.5. The van der Waals surface area contributed by atoms with E-state index in [1.165, 1.54) is 5.56 Å². The van der Waals surface area contributed by atoms with Crippen LogP contribution in [0.1, 0.15) is 33.5 Å². The Morgan fingerprint density at radius 2 is 1.78 bits per heavy atom. The molecule has 144 valence electrons. The maximum atomic E-state index is 11.8. The van der Waals surface area contributed by atoms with Gasteiger partial charge in [0.25, 0.3) is 5.91 Å². The van der Waals surface area contributed by atoms with E-state index in [2.05, 4.69) is 18.3 Å². The van der Waals surface area contributed by atoms with Crippen LogP contribution < -0.4 is 15.8 Å². The van der Waals surface area contributed by atoms with E-state index in [9.17, 15) is 9.59 Å². The zero-order chi connectivity index (χ0) is 19.8. The molecule has 0 atom stereocenters. The minimum absolute atomic E-state index is 0.319. The van der Waals surface area contributed by atoms with Gasteiger partial charge in [0, 0.05) is 12.2 Å². The third kappa shape index (κ3) is 6.33. The molecular weight excluding hydrogens is 344 g/mol. The molecule has 0 bridgehead atoms. The zero-order valence-corrected chi connectivity index (χ0v) is 16.0. The average molecular weight is 370 g/mol. The van der Waals surface area contributed by atoms with Gasteiger partial charge in [0.2, 0.25) is 0 Å². The fourth-order valence-corrected chi connectivity index (χ4v) is 2.52. The monoisotopic (exact) mass is 370 g/mol. The Morgan fingerprint density at radius 3 is 2.48 bits per heavy atom. The number of nitrogens with two attached hydrogens (primary N) is 1. The molecule has 0 heterocycles. The second-order valence-corrected chi connectivity index (χ2v) is 6.46. The molecule has 2 aromatic carbocycles. The standard InChI is InChI=1S/C21H26N2O4/c1-14-11-15(2)16(3)19(12-14)26-10-4-9-23-20(24)13-27-21(25)17-5-7-18(22)8-6-17/h5-8,11-12H,4,9-10,13,22H2,1-3H3,(H,23,24). The van der Waals surface area contributed by atoms with Crippen LogP contribution in [0.4, 0.5) is 5.69 Å². The van der Waals surface area contributed by atoms with E-state index < -0.39 is 5.97 Å². The number of carbonyl (C=O) groups is 2. The van der Waals surface area contributed by atoms with E-state index in [-0.39, 0.29) is 12.5 Å². The molecule has 0 fully saturated rings. The Bertz CT molecular complexity index is 801. The molecule has 2 aromatic rings. The summed E-state index contributed by atoms with van der Waals surface area (Å²) in [6.45, 7) is 6.74. The first kappa shape index (κ1) is 20.3. The number of nitrogens with one attached hydrogen (secondary N) is 1. The molecule has 0 aliphatic rings.